The Morgan fingerprint density at radius 2 is 1.80 bits per heavy atom. The van der Waals surface area contributed by atoms with Crippen LogP contribution < -0.4 is 16.0 Å². The molecule has 0 heterocycles. The van der Waals surface area contributed by atoms with E-state index in [1.807, 2.05) is 0 Å². The average molecular weight is 351 g/mol. The maximum absolute atomic E-state index is 12.1. The number of carbonyl (C=O) groups excluding carboxylic acids is 3. The molecule has 138 valence electrons. The van der Waals surface area contributed by atoms with Crippen LogP contribution in [0.5, 0.6) is 0 Å². The molecule has 0 aliphatic carbocycles. The molecule has 0 aromatic heterocycles. The first-order valence-electron chi connectivity index (χ1n) is 7.83. The maximum atomic E-state index is 12.1. The molecule has 0 fully saturated rings. The highest BCUT2D eigenvalue weighted by Gasteiger charge is 2.16. The monoisotopic (exact) mass is 351 g/mol. The van der Waals surface area contributed by atoms with Gasteiger partial charge in [0.25, 0.3) is 0 Å². The summed E-state index contributed by atoms with van der Waals surface area (Å²) in [7, 11) is 2.99. The Morgan fingerprint density at radius 1 is 1.12 bits per heavy atom. The molecule has 0 aliphatic heterocycles. The van der Waals surface area contributed by atoms with Gasteiger partial charge in [-0.2, -0.15) is 0 Å². The van der Waals surface area contributed by atoms with Crippen molar-refractivity contribution in [1.82, 2.24) is 5.32 Å². The Kier molecular flexibility index (Phi) is 7.22. The molecule has 0 saturated heterocycles. The molecular formula is C17H25N3O5. The molecular weight excluding hydrogens is 326 g/mol. The minimum Gasteiger partial charge on any atom is -0.465 e. The van der Waals surface area contributed by atoms with Crippen LogP contribution in [0.4, 0.5) is 16.2 Å². The van der Waals surface area contributed by atoms with E-state index in [1.54, 1.807) is 40.0 Å². The van der Waals surface area contributed by atoms with Crippen molar-refractivity contribution in [2.45, 2.75) is 32.8 Å². The molecule has 3 N–H and O–H groups in total. The predicted molar refractivity (Wildman–Crippen MR) is 94.8 cm³/mol. The number of nitrogens with one attached hydrogen (secondary N) is 3. The van der Waals surface area contributed by atoms with Crippen LogP contribution in [0.3, 0.4) is 0 Å². The molecule has 25 heavy (non-hydrogen) atoms. The number of amides is 2. The SMILES string of the molecule is CNc1ccc(C(=O)OC)cc1NC(=O)CCNC(=O)OC(C)(C)C. The zero-order valence-corrected chi connectivity index (χ0v) is 15.2. The van der Waals surface area contributed by atoms with Gasteiger partial charge in [-0.05, 0) is 39.0 Å². The van der Waals surface area contributed by atoms with Crippen molar-refractivity contribution in [2.24, 2.45) is 0 Å². The van der Waals surface area contributed by atoms with Gasteiger partial charge < -0.3 is 25.4 Å². The van der Waals surface area contributed by atoms with Crippen molar-refractivity contribution in [3.05, 3.63) is 23.8 Å². The fourth-order valence-corrected chi connectivity index (χ4v) is 1.92. The molecule has 8 heteroatoms. The van der Waals surface area contributed by atoms with Gasteiger partial charge in [-0.3, -0.25) is 4.79 Å². The van der Waals surface area contributed by atoms with Crippen molar-refractivity contribution < 1.29 is 23.9 Å². The molecule has 0 unspecified atom stereocenters. The first kappa shape index (κ1) is 20.3. The zero-order valence-electron chi connectivity index (χ0n) is 15.2. The van der Waals surface area contributed by atoms with Crippen LogP contribution in [0.2, 0.25) is 0 Å². The van der Waals surface area contributed by atoms with Crippen LogP contribution >= 0.6 is 0 Å². The Balaban J connectivity index is 2.61. The second kappa shape index (κ2) is 8.91. The molecule has 0 saturated carbocycles. The summed E-state index contributed by atoms with van der Waals surface area (Å²) in [5.74, 6) is -0.806. The molecule has 1 rings (SSSR count). The summed E-state index contributed by atoms with van der Waals surface area (Å²) in [4.78, 5) is 35.2. The smallest absolute Gasteiger partial charge is 0.407 e. The highest BCUT2D eigenvalue weighted by atomic mass is 16.6. The van der Waals surface area contributed by atoms with Gasteiger partial charge in [0.2, 0.25) is 5.91 Å². The van der Waals surface area contributed by atoms with E-state index in [1.165, 1.54) is 13.2 Å². The number of alkyl carbamates (subject to hydrolysis) is 1. The number of esters is 1. The van der Waals surface area contributed by atoms with E-state index in [-0.39, 0.29) is 18.9 Å². The number of carbonyl (C=O) groups is 3. The maximum Gasteiger partial charge on any atom is 0.407 e. The minimum atomic E-state index is -0.595. The van der Waals surface area contributed by atoms with Crippen LogP contribution in [0.1, 0.15) is 37.6 Å². The quantitative estimate of drug-likeness (QED) is 0.680. The summed E-state index contributed by atoms with van der Waals surface area (Å²) in [6, 6.07) is 4.79. The van der Waals surface area contributed by atoms with Gasteiger partial charge in [0, 0.05) is 20.0 Å². The average Bonchev–Trinajstić information content (AvgIpc) is 2.52. The second-order valence-corrected chi connectivity index (χ2v) is 6.23. The highest BCUT2D eigenvalue weighted by Crippen LogP contribution is 2.23. The van der Waals surface area contributed by atoms with Crippen molar-refractivity contribution in [2.75, 3.05) is 31.3 Å². The fraction of sp³-hybridized carbons (Fsp3) is 0.471. The summed E-state index contributed by atoms with van der Waals surface area (Å²) in [5.41, 5.74) is 0.833. The Labute approximate surface area is 147 Å². The molecule has 2 amide bonds. The van der Waals surface area contributed by atoms with Gasteiger partial charge in [-0.15, -0.1) is 0 Å². The Morgan fingerprint density at radius 3 is 2.36 bits per heavy atom. The fourth-order valence-electron chi connectivity index (χ4n) is 1.92. The lowest BCUT2D eigenvalue weighted by Gasteiger charge is -2.19. The zero-order chi connectivity index (χ0) is 19.0. The Bertz CT molecular complexity index is 638. The first-order chi connectivity index (χ1) is 11.7. The lowest BCUT2D eigenvalue weighted by molar-refractivity contribution is -0.116. The van der Waals surface area contributed by atoms with Crippen LogP contribution in [0, 0.1) is 0 Å². The lowest BCUT2D eigenvalue weighted by Crippen LogP contribution is -2.34. The largest absolute Gasteiger partial charge is 0.465 e. The van der Waals surface area contributed by atoms with Crippen LogP contribution in [-0.4, -0.2) is 44.3 Å². The van der Waals surface area contributed by atoms with E-state index < -0.39 is 17.7 Å². The van der Waals surface area contributed by atoms with E-state index >= 15 is 0 Å². The van der Waals surface area contributed by atoms with Crippen molar-refractivity contribution in [3.8, 4) is 0 Å². The summed E-state index contributed by atoms with van der Waals surface area (Å²) in [6.07, 6.45) is -0.519. The molecule has 8 nitrogen and oxygen atoms in total. The molecule has 0 bridgehead atoms. The lowest BCUT2D eigenvalue weighted by atomic mass is 10.1. The second-order valence-electron chi connectivity index (χ2n) is 6.23. The van der Waals surface area contributed by atoms with Crippen molar-refractivity contribution in [3.63, 3.8) is 0 Å². The molecule has 0 spiro atoms. The van der Waals surface area contributed by atoms with Gasteiger partial charge in [0.15, 0.2) is 0 Å². The normalized spacial score (nSPS) is 10.6. The van der Waals surface area contributed by atoms with Gasteiger partial charge >= 0.3 is 12.1 Å². The summed E-state index contributed by atoms with van der Waals surface area (Å²) in [5, 5.41) is 8.14. The van der Waals surface area contributed by atoms with Crippen molar-refractivity contribution >= 4 is 29.3 Å². The van der Waals surface area contributed by atoms with E-state index in [9.17, 15) is 14.4 Å². The molecule has 1 aromatic carbocycles. The molecule has 0 atom stereocenters. The summed E-state index contributed by atoms with van der Waals surface area (Å²) in [6.45, 7) is 5.40. The first-order valence-corrected chi connectivity index (χ1v) is 7.83. The standard InChI is InChI=1S/C17H25N3O5/c1-17(2,3)25-16(23)19-9-8-14(21)20-13-10-11(15(22)24-5)6-7-12(13)18-4/h6-7,10,18H,8-9H2,1-5H3,(H,19,23)(H,20,21). The molecule has 0 radical (unpaired) electrons. The van der Waals surface area contributed by atoms with E-state index in [0.29, 0.717) is 16.9 Å². The third-order valence-corrected chi connectivity index (χ3v) is 3.00. The van der Waals surface area contributed by atoms with Crippen LogP contribution in [0.25, 0.3) is 0 Å². The summed E-state index contributed by atoms with van der Waals surface area (Å²) >= 11 is 0. The Hall–Kier alpha value is -2.77. The van der Waals surface area contributed by atoms with Crippen molar-refractivity contribution in [1.29, 1.82) is 0 Å². The van der Waals surface area contributed by atoms with E-state index in [4.69, 9.17) is 4.74 Å². The summed E-state index contributed by atoms with van der Waals surface area (Å²) < 4.78 is 9.75. The topological polar surface area (TPSA) is 106 Å². The number of hydrogen-bond acceptors (Lipinski definition) is 6. The third kappa shape index (κ3) is 7.11. The highest BCUT2D eigenvalue weighted by molar-refractivity contribution is 5.98. The van der Waals surface area contributed by atoms with Gasteiger partial charge in [0.1, 0.15) is 5.60 Å². The van der Waals surface area contributed by atoms with Gasteiger partial charge in [0.05, 0.1) is 24.0 Å². The van der Waals surface area contributed by atoms with Gasteiger partial charge in [-0.25, -0.2) is 9.59 Å². The van der Waals surface area contributed by atoms with E-state index in [2.05, 4.69) is 20.7 Å². The number of benzene rings is 1. The number of anilines is 2. The van der Waals surface area contributed by atoms with E-state index in [0.717, 1.165) is 0 Å². The minimum absolute atomic E-state index is 0.0604. The molecule has 0 aliphatic rings. The van der Waals surface area contributed by atoms with Crippen LogP contribution in [0.15, 0.2) is 18.2 Å². The van der Waals surface area contributed by atoms with Gasteiger partial charge in [-0.1, -0.05) is 0 Å². The number of hydrogen-bond donors (Lipinski definition) is 3. The number of methoxy groups -OCH3 is 1. The van der Waals surface area contributed by atoms with Crippen LogP contribution in [-0.2, 0) is 14.3 Å². The number of rotatable bonds is 6. The predicted octanol–water partition coefficient (Wildman–Crippen LogP) is 2.37. The number of ether oxygens (including phenoxy) is 2. The molecule has 1 aromatic rings. The third-order valence-electron chi connectivity index (χ3n) is 3.00.